The molecule has 1 fully saturated rings. The summed E-state index contributed by atoms with van der Waals surface area (Å²) in [4.78, 5) is 13.3. The van der Waals surface area contributed by atoms with Crippen molar-refractivity contribution in [3.63, 3.8) is 0 Å². The molecule has 0 radical (unpaired) electrons. The van der Waals surface area contributed by atoms with Gasteiger partial charge in [0.05, 0.1) is 13.2 Å². The van der Waals surface area contributed by atoms with Crippen molar-refractivity contribution in [1.29, 1.82) is 0 Å². The van der Waals surface area contributed by atoms with Crippen LogP contribution in [0.5, 0.6) is 0 Å². The molecule has 1 aromatic heterocycles. The molecule has 112 valence electrons. The zero-order valence-corrected chi connectivity index (χ0v) is 11.5. The maximum Gasteiger partial charge on any atom is 0.258 e. The Kier molecular flexibility index (Phi) is 4.71. The van der Waals surface area contributed by atoms with E-state index in [2.05, 4.69) is 9.69 Å². The first-order valence-corrected chi connectivity index (χ1v) is 7.00. The van der Waals surface area contributed by atoms with E-state index in [9.17, 15) is 13.6 Å². The molecule has 20 heavy (non-hydrogen) atoms. The highest BCUT2D eigenvalue weighted by atomic mass is 32.1. The summed E-state index contributed by atoms with van der Waals surface area (Å²) in [6.45, 7) is -0.879. The van der Waals surface area contributed by atoms with Crippen molar-refractivity contribution in [3.8, 4) is 0 Å². The van der Waals surface area contributed by atoms with Crippen LogP contribution in [0, 0.1) is 0 Å². The highest BCUT2D eigenvalue weighted by Crippen LogP contribution is 2.32. The Morgan fingerprint density at radius 2 is 2.30 bits per heavy atom. The number of alkyl halides is 2. The van der Waals surface area contributed by atoms with Gasteiger partial charge in [0.2, 0.25) is 0 Å². The van der Waals surface area contributed by atoms with Crippen LogP contribution in [-0.2, 0) is 0 Å². The molecule has 0 spiro atoms. The second kappa shape index (κ2) is 6.31. The molecule has 2 rings (SSSR count). The number of hydrogen-bond donors (Lipinski definition) is 3. The largest absolute Gasteiger partial charge is 0.395 e. The highest BCUT2D eigenvalue weighted by molar-refractivity contribution is 7.11. The molecule has 0 saturated heterocycles. The van der Waals surface area contributed by atoms with Crippen molar-refractivity contribution >= 4 is 28.3 Å². The van der Waals surface area contributed by atoms with Crippen LogP contribution in [0.3, 0.4) is 0 Å². The van der Waals surface area contributed by atoms with Crippen LogP contribution in [0.25, 0.3) is 0 Å². The van der Waals surface area contributed by atoms with Gasteiger partial charge in [0.25, 0.3) is 12.3 Å². The Balaban J connectivity index is 2.21. The van der Waals surface area contributed by atoms with Gasteiger partial charge in [0.1, 0.15) is 10.6 Å². The van der Waals surface area contributed by atoms with Gasteiger partial charge in [0, 0.05) is 12.6 Å². The standard InChI is InChI=1S/C11H16F2N4O2S/c12-7(13)5-17(3-4-18)11-8(9(14)16-20-11)10(19)15-6-1-2-6/h6-7,18H,1-5H2,(H2,14,16)(H,15,19). The van der Waals surface area contributed by atoms with Gasteiger partial charge < -0.3 is 21.1 Å². The zero-order chi connectivity index (χ0) is 14.7. The third-order valence-electron chi connectivity index (χ3n) is 2.86. The van der Waals surface area contributed by atoms with Crippen LogP contribution < -0.4 is 16.0 Å². The number of nitrogens with two attached hydrogens (primary N) is 1. The van der Waals surface area contributed by atoms with Crippen molar-refractivity contribution in [1.82, 2.24) is 9.69 Å². The van der Waals surface area contributed by atoms with E-state index in [0.717, 1.165) is 24.4 Å². The fraction of sp³-hybridized carbons (Fsp3) is 0.636. The number of carbonyl (C=O) groups excluding carboxylic acids is 1. The maximum atomic E-state index is 12.6. The van der Waals surface area contributed by atoms with Gasteiger partial charge in [-0.15, -0.1) is 0 Å². The van der Waals surface area contributed by atoms with E-state index in [1.807, 2.05) is 0 Å². The summed E-state index contributed by atoms with van der Waals surface area (Å²) in [5.41, 5.74) is 5.79. The van der Waals surface area contributed by atoms with E-state index in [1.54, 1.807) is 0 Å². The number of nitrogens with one attached hydrogen (secondary N) is 1. The fourth-order valence-corrected chi connectivity index (χ4v) is 2.62. The molecule has 6 nitrogen and oxygen atoms in total. The van der Waals surface area contributed by atoms with Crippen molar-refractivity contribution in [2.24, 2.45) is 0 Å². The molecular formula is C11H16F2N4O2S. The van der Waals surface area contributed by atoms with E-state index in [1.165, 1.54) is 4.90 Å². The average Bonchev–Trinajstić information content (AvgIpc) is 3.08. The van der Waals surface area contributed by atoms with Crippen molar-refractivity contribution < 1.29 is 18.7 Å². The summed E-state index contributed by atoms with van der Waals surface area (Å²) < 4.78 is 29.0. The lowest BCUT2D eigenvalue weighted by Crippen LogP contribution is -2.34. The maximum absolute atomic E-state index is 12.6. The van der Waals surface area contributed by atoms with Crippen LogP contribution in [0.4, 0.5) is 19.6 Å². The molecule has 1 aromatic rings. The Hall–Kier alpha value is -1.48. The number of nitrogens with zero attached hydrogens (tertiary/aromatic N) is 2. The Labute approximate surface area is 118 Å². The number of nitrogen functional groups attached to an aromatic ring is 1. The lowest BCUT2D eigenvalue weighted by atomic mass is 10.2. The number of halogens is 2. The predicted octanol–water partition coefficient (Wildman–Crippen LogP) is 0.681. The van der Waals surface area contributed by atoms with Gasteiger partial charge >= 0.3 is 0 Å². The van der Waals surface area contributed by atoms with Gasteiger partial charge in [-0.25, -0.2) is 8.78 Å². The number of aliphatic hydroxyl groups excluding tert-OH is 1. The first kappa shape index (κ1) is 14.9. The Morgan fingerprint density at radius 3 is 2.85 bits per heavy atom. The third kappa shape index (κ3) is 3.54. The molecule has 0 atom stereocenters. The van der Waals surface area contributed by atoms with Crippen molar-refractivity contribution in [2.75, 3.05) is 30.3 Å². The number of carbonyl (C=O) groups is 1. The number of rotatable bonds is 7. The first-order valence-electron chi connectivity index (χ1n) is 6.23. The number of amides is 1. The normalized spacial score (nSPS) is 14.6. The number of anilines is 2. The quantitative estimate of drug-likeness (QED) is 0.689. The summed E-state index contributed by atoms with van der Waals surface area (Å²) in [6, 6.07) is 0.135. The summed E-state index contributed by atoms with van der Waals surface area (Å²) in [6.07, 6.45) is -0.754. The van der Waals surface area contributed by atoms with E-state index in [0.29, 0.717) is 0 Å². The highest BCUT2D eigenvalue weighted by Gasteiger charge is 2.29. The van der Waals surface area contributed by atoms with Gasteiger partial charge in [0.15, 0.2) is 5.82 Å². The molecule has 4 N–H and O–H groups in total. The predicted molar refractivity (Wildman–Crippen MR) is 72.3 cm³/mol. The molecule has 1 heterocycles. The van der Waals surface area contributed by atoms with Crippen LogP contribution in [0.2, 0.25) is 0 Å². The third-order valence-corrected chi connectivity index (χ3v) is 3.78. The van der Waals surface area contributed by atoms with Crippen LogP contribution in [-0.4, -0.2) is 47.6 Å². The monoisotopic (exact) mass is 306 g/mol. The summed E-state index contributed by atoms with van der Waals surface area (Å²) in [5.74, 6) is -0.369. The summed E-state index contributed by atoms with van der Waals surface area (Å²) >= 11 is 0.888. The molecule has 1 aliphatic carbocycles. The van der Waals surface area contributed by atoms with E-state index in [-0.39, 0.29) is 35.6 Å². The van der Waals surface area contributed by atoms with Gasteiger partial charge in [-0.3, -0.25) is 4.79 Å². The molecular weight excluding hydrogens is 290 g/mol. The lowest BCUT2D eigenvalue weighted by Gasteiger charge is -2.22. The minimum absolute atomic E-state index is 0.00428. The molecule has 0 aromatic carbocycles. The smallest absolute Gasteiger partial charge is 0.258 e. The molecule has 1 aliphatic rings. The van der Waals surface area contributed by atoms with Gasteiger partial charge in [-0.05, 0) is 24.4 Å². The van der Waals surface area contributed by atoms with Gasteiger partial charge in [-0.1, -0.05) is 0 Å². The molecule has 9 heteroatoms. The van der Waals surface area contributed by atoms with E-state index < -0.39 is 18.9 Å². The summed E-state index contributed by atoms with van der Waals surface area (Å²) in [7, 11) is 0. The van der Waals surface area contributed by atoms with E-state index in [4.69, 9.17) is 10.8 Å². The first-order chi connectivity index (χ1) is 9.52. The number of hydrogen-bond acceptors (Lipinski definition) is 6. The van der Waals surface area contributed by atoms with Crippen LogP contribution in [0.1, 0.15) is 23.2 Å². The minimum atomic E-state index is -2.58. The van der Waals surface area contributed by atoms with Crippen LogP contribution >= 0.6 is 11.5 Å². The summed E-state index contributed by atoms with van der Waals surface area (Å²) in [5, 5.41) is 12.0. The molecule has 0 aliphatic heterocycles. The minimum Gasteiger partial charge on any atom is -0.395 e. The molecule has 0 unspecified atom stereocenters. The second-order valence-corrected chi connectivity index (χ2v) is 5.31. The van der Waals surface area contributed by atoms with Gasteiger partial charge in [-0.2, -0.15) is 4.37 Å². The van der Waals surface area contributed by atoms with Crippen molar-refractivity contribution in [2.45, 2.75) is 25.3 Å². The second-order valence-electron chi connectivity index (χ2n) is 4.56. The van der Waals surface area contributed by atoms with E-state index >= 15 is 0 Å². The molecule has 0 bridgehead atoms. The zero-order valence-electron chi connectivity index (χ0n) is 10.7. The Morgan fingerprint density at radius 1 is 1.60 bits per heavy atom. The Bertz CT molecular complexity index is 479. The fourth-order valence-electron chi connectivity index (χ4n) is 1.77. The topological polar surface area (TPSA) is 91.5 Å². The average molecular weight is 306 g/mol. The SMILES string of the molecule is Nc1nsc(N(CCO)CC(F)F)c1C(=O)NC1CC1. The molecule has 1 amide bonds. The van der Waals surface area contributed by atoms with Crippen LogP contribution in [0.15, 0.2) is 0 Å². The number of aromatic nitrogens is 1. The number of aliphatic hydroxyl groups is 1. The molecule has 1 saturated carbocycles. The lowest BCUT2D eigenvalue weighted by molar-refractivity contribution is 0.0951. The van der Waals surface area contributed by atoms with Crippen molar-refractivity contribution in [3.05, 3.63) is 5.56 Å².